The number of amides is 1. The van der Waals surface area contributed by atoms with Gasteiger partial charge < -0.3 is 4.74 Å². The number of thiazole rings is 1. The van der Waals surface area contributed by atoms with Crippen molar-refractivity contribution >= 4 is 42.4 Å². The summed E-state index contributed by atoms with van der Waals surface area (Å²) in [5, 5.41) is 3.15. The van der Waals surface area contributed by atoms with Crippen molar-refractivity contribution in [3.8, 4) is 11.5 Å². The number of carbonyl (C=O) groups excluding carboxylic acids is 1. The maximum absolute atomic E-state index is 12.8. The van der Waals surface area contributed by atoms with Gasteiger partial charge in [-0.25, -0.2) is 13.4 Å². The molecular formula is C21H16N2O4S2. The molecule has 8 heteroatoms. The summed E-state index contributed by atoms with van der Waals surface area (Å²) in [6.07, 6.45) is 1.15. The van der Waals surface area contributed by atoms with Crippen LogP contribution in [0.3, 0.4) is 0 Å². The Morgan fingerprint density at radius 2 is 1.72 bits per heavy atom. The molecule has 6 nitrogen and oxygen atoms in total. The third kappa shape index (κ3) is 4.28. The van der Waals surface area contributed by atoms with Crippen LogP contribution in [0.25, 0.3) is 10.2 Å². The summed E-state index contributed by atoms with van der Waals surface area (Å²) in [6.45, 7) is 0. The first-order valence-electron chi connectivity index (χ1n) is 8.64. The van der Waals surface area contributed by atoms with Crippen molar-refractivity contribution in [3.63, 3.8) is 0 Å². The zero-order valence-corrected chi connectivity index (χ0v) is 17.0. The van der Waals surface area contributed by atoms with Crippen molar-refractivity contribution in [2.75, 3.05) is 11.6 Å². The van der Waals surface area contributed by atoms with Crippen molar-refractivity contribution in [1.29, 1.82) is 0 Å². The number of nitrogens with one attached hydrogen (secondary N) is 1. The molecule has 4 rings (SSSR count). The Hall–Kier alpha value is -3.23. The molecule has 1 amide bonds. The molecule has 0 spiro atoms. The summed E-state index contributed by atoms with van der Waals surface area (Å²) in [5.41, 5.74) is 0.985. The van der Waals surface area contributed by atoms with E-state index in [0.717, 1.165) is 6.26 Å². The molecule has 0 radical (unpaired) electrons. The fraction of sp³-hybridized carbons (Fsp3) is 0.0476. The summed E-state index contributed by atoms with van der Waals surface area (Å²) >= 11 is 1.21. The van der Waals surface area contributed by atoms with Gasteiger partial charge in [0, 0.05) is 6.26 Å². The predicted molar refractivity (Wildman–Crippen MR) is 114 cm³/mol. The number of para-hydroxylation sites is 2. The molecular weight excluding hydrogens is 408 g/mol. The SMILES string of the molecule is CS(=O)(=O)c1ccc2nc(NC(=O)c3ccccc3Oc3ccccc3)sc2c1. The van der Waals surface area contributed by atoms with Gasteiger partial charge in [-0.1, -0.05) is 41.7 Å². The standard InChI is InChI=1S/C21H16N2O4S2/c1-29(25,26)15-11-12-17-19(13-15)28-21(22-17)23-20(24)16-9-5-6-10-18(16)27-14-7-3-2-4-8-14/h2-13H,1H3,(H,22,23,24). The van der Waals surface area contributed by atoms with Crippen LogP contribution in [0.1, 0.15) is 10.4 Å². The first-order valence-corrected chi connectivity index (χ1v) is 11.3. The molecule has 0 unspecified atom stereocenters. The van der Waals surface area contributed by atoms with E-state index < -0.39 is 9.84 Å². The Kier molecular flexibility index (Phi) is 5.04. The van der Waals surface area contributed by atoms with E-state index in [9.17, 15) is 13.2 Å². The number of aromatic nitrogens is 1. The molecule has 0 fully saturated rings. The van der Waals surface area contributed by atoms with E-state index in [1.807, 2.05) is 30.3 Å². The smallest absolute Gasteiger partial charge is 0.261 e. The van der Waals surface area contributed by atoms with E-state index in [1.165, 1.54) is 17.4 Å². The number of fused-ring (bicyclic) bond motifs is 1. The number of hydrogen-bond donors (Lipinski definition) is 1. The molecule has 0 saturated heterocycles. The molecule has 3 aromatic carbocycles. The Bertz CT molecular complexity index is 1300. The van der Waals surface area contributed by atoms with Gasteiger partial charge in [-0.05, 0) is 42.5 Å². The fourth-order valence-corrected chi connectivity index (χ4v) is 4.33. The summed E-state index contributed by atoms with van der Waals surface area (Å²) in [7, 11) is -3.31. The van der Waals surface area contributed by atoms with E-state index in [1.54, 1.807) is 36.4 Å². The Balaban J connectivity index is 1.60. The minimum atomic E-state index is -3.31. The van der Waals surface area contributed by atoms with Crippen molar-refractivity contribution in [2.24, 2.45) is 0 Å². The maximum Gasteiger partial charge on any atom is 0.261 e. The van der Waals surface area contributed by atoms with Crippen LogP contribution in [0.4, 0.5) is 5.13 Å². The lowest BCUT2D eigenvalue weighted by molar-refractivity contribution is 0.102. The summed E-state index contributed by atoms with van der Waals surface area (Å²) < 4.78 is 30.0. The van der Waals surface area contributed by atoms with Crippen LogP contribution < -0.4 is 10.1 Å². The van der Waals surface area contributed by atoms with Gasteiger partial charge in [0.1, 0.15) is 11.5 Å². The van der Waals surface area contributed by atoms with E-state index in [-0.39, 0.29) is 10.8 Å². The number of nitrogens with zero attached hydrogens (tertiary/aromatic N) is 1. The average molecular weight is 425 g/mol. The molecule has 0 bridgehead atoms. The number of anilines is 1. The number of hydrogen-bond acceptors (Lipinski definition) is 6. The van der Waals surface area contributed by atoms with Gasteiger partial charge in [-0.2, -0.15) is 0 Å². The van der Waals surface area contributed by atoms with Crippen molar-refractivity contribution in [1.82, 2.24) is 4.98 Å². The minimum absolute atomic E-state index is 0.216. The van der Waals surface area contributed by atoms with Crippen molar-refractivity contribution < 1.29 is 17.9 Å². The fourth-order valence-electron chi connectivity index (χ4n) is 2.71. The molecule has 0 aliphatic rings. The molecule has 0 aliphatic heterocycles. The largest absolute Gasteiger partial charge is 0.457 e. The second kappa shape index (κ2) is 7.65. The first kappa shape index (κ1) is 19.1. The van der Waals surface area contributed by atoms with E-state index >= 15 is 0 Å². The van der Waals surface area contributed by atoms with Crippen molar-refractivity contribution in [3.05, 3.63) is 78.4 Å². The number of rotatable bonds is 5. The molecule has 29 heavy (non-hydrogen) atoms. The predicted octanol–water partition coefficient (Wildman–Crippen LogP) is 4.74. The maximum atomic E-state index is 12.8. The Morgan fingerprint density at radius 1 is 1.00 bits per heavy atom. The number of benzene rings is 3. The Labute approximate surface area is 171 Å². The first-order chi connectivity index (χ1) is 13.9. The van der Waals surface area contributed by atoms with E-state index in [0.29, 0.717) is 32.4 Å². The third-order valence-electron chi connectivity index (χ3n) is 4.11. The molecule has 0 aliphatic carbocycles. The second-order valence-corrected chi connectivity index (χ2v) is 9.33. The van der Waals surface area contributed by atoms with Gasteiger partial charge in [0.25, 0.3) is 5.91 Å². The quantitative estimate of drug-likeness (QED) is 0.500. The lowest BCUT2D eigenvalue weighted by Crippen LogP contribution is -2.12. The topological polar surface area (TPSA) is 85.4 Å². The van der Waals surface area contributed by atoms with Gasteiger partial charge in [0.2, 0.25) is 0 Å². The van der Waals surface area contributed by atoms with Crippen molar-refractivity contribution in [2.45, 2.75) is 4.90 Å². The van der Waals surface area contributed by atoms with Gasteiger partial charge in [-0.15, -0.1) is 0 Å². The highest BCUT2D eigenvalue weighted by molar-refractivity contribution is 7.90. The number of ether oxygens (including phenoxy) is 1. The zero-order valence-electron chi connectivity index (χ0n) is 15.3. The highest BCUT2D eigenvalue weighted by Gasteiger charge is 2.16. The van der Waals surface area contributed by atoms with Crippen LogP contribution in [0, 0.1) is 0 Å². The minimum Gasteiger partial charge on any atom is -0.457 e. The molecule has 146 valence electrons. The Morgan fingerprint density at radius 3 is 2.48 bits per heavy atom. The second-order valence-electron chi connectivity index (χ2n) is 6.29. The summed E-state index contributed by atoms with van der Waals surface area (Å²) in [6, 6.07) is 20.8. The average Bonchev–Trinajstić information content (AvgIpc) is 3.10. The van der Waals surface area contributed by atoms with Gasteiger partial charge >= 0.3 is 0 Å². The molecule has 4 aromatic rings. The van der Waals surface area contributed by atoms with Gasteiger partial charge in [0.05, 0.1) is 20.7 Å². The highest BCUT2D eigenvalue weighted by Crippen LogP contribution is 2.30. The summed E-state index contributed by atoms with van der Waals surface area (Å²) in [5.74, 6) is 0.691. The van der Waals surface area contributed by atoms with Gasteiger partial charge in [0.15, 0.2) is 15.0 Å². The normalized spacial score (nSPS) is 11.3. The van der Waals surface area contributed by atoms with E-state index in [2.05, 4.69) is 10.3 Å². The lowest BCUT2D eigenvalue weighted by atomic mass is 10.2. The highest BCUT2D eigenvalue weighted by atomic mass is 32.2. The van der Waals surface area contributed by atoms with Crippen LogP contribution in [0.15, 0.2) is 77.7 Å². The van der Waals surface area contributed by atoms with Crippen LogP contribution in [0.5, 0.6) is 11.5 Å². The van der Waals surface area contributed by atoms with Gasteiger partial charge in [-0.3, -0.25) is 10.1 Å². The van der Waals surface area contributed by atoms with Crippen LogP contribution >= 0.6 is 11.3 Å². The lowest BCUT2D eigenvalue weighted by Gasteiger charge is -2.10. The number of sulfone groups is 1. The van der Waals surface area contributed by atoms with E-state index in [4.69, 9.17) is 4.74 Å². The monoisotopic (exact) mass is 424 g/mol. The third-order valence-corrected chi connectivity index (χ3v) is 6.16. The molecule has 1 N–H and O–H groups in total. The molecule has 1 aromatic heterocycles. The van der Waals surface area contributed by atoms with Crippen LogP contribution in [0.2, 0.25) is 0 Å². The molecule has 0 atom stereocenters. The van der Waals surface area contributed by atoms with Crippen LogP contribution in [-0.4, -0.2) is 25.6 Å². The molecule has 0 saturated carbocycles. The molecule has 1 heterocycles. The summed E-state index contributed by atoms with van der Waals surface area (Å²) in [4.78, 5) is 17.4. The zero-order chi connectivity index (χ0) is 20.4. The number of carbonyl (C=O) groups is 1. The van der Waals surface area contributed by atoms with Crippen LogP contribution in [-0.2, 0) is 9.84 Å².